The number of morpholine rings is 1. The Hall–Kier alpha value is -6.67. The Morgan fingerprint density at radius 2 is 1.54 bits per heavy atom. The Balaban J connectivity index is 1.40. The van der Waals surface area contributed by atoms with Gasteiger partial charge in [-0.1, -0.05) is 90.7 Å². The highest BCUT2D eigenvalue weighted by Gasteiger charge is 2.74. The maximum absolute atomic E-state index is 15.3. The minimum absolute atomic E-state index is 0.0484. The minimum atomic E-state index is -1.68. The number of cyclic esters (lactones) is 1. The monoisotopic (exact) mass is 759 g/mol. The lowest BCUT2D eigenvalue weighted by atomic mass is 9.65. The molecule has 5 aromatic carbocycles. The van der Waals surface area contributed by atoms with Crippen LogP contribution in [0.25, 0.3) is 0 Å². The number of esters is 1. The summed E-state index contributed by atoms with van der Waals surface area (Å²) in [5.74, 6) is 4.80. The number of anilines is 1. The average molecular weight is 760 g/mol. The molecule has 3 aliphatic heterocycles. The summed E-state index contributed by atoms with van der Waals surface area (Å²) in [7, 11) is 1.60. The van der Waals surface area contributed by atoms with Crippen LogP contribution < -0.4 is 20.1 Å². The van der Waals surface area contributed by atoms with Gasteiger partial charge in [0.05, 0.1) is 31.7 Å². The van der Waals surface area contributed by atoms with Gasteiger partial charge in [-0.25, -0.2) is 0 Å². The fraction of sp³-hybridized carbons (Fsp3) is 0.213. The molecule has 1 spiro atoms. The quantitative estimate of drug-likeness (QED) is 0.0895. The molecule has 2 fully saturated rings. The molecular weight excluding hydrogens is 719 g/mol. The van der Waals surface area contributed by atoms with Gasteiger partial charge in [0.1, 0.15) is 35.7 Å². The first-order chi connectivity index (χ1) is 27.9. The van der Waals surface area contributed by atoms with Gasteiger partial charge >= 0.3 is 5.97 Å². The standard InChI is InChI=1S/C47H41N3O7/c1-3-25-48-44(52)39-41-45(53)57-42(33-13-8-5-9-14-33)40(32-11-6-4-7-12-32)50(41)43(34-15-10-16-36(29-34)56-27-26-51)47(39)37-28-31(21-24-38(37)49-46(47)54)18-17-30-19-22-35(55-2)23-20-30/h3-16,19-24,28-29,39-43,51H,1,25-27H2,2H3,(H,48,52)(H,49,54)/t39-,40-,41-,42+,43+,47-/m0/s1. The van der Waals surface area contributed by atoms with Crippen molar-refractivity contribution >= 4 is 23.5 Å². The molecule has 0 aromatic heterocycles. The van der Waals surface area contributed by atoms with Crippen molar-refractivity contribution in [1.82, 2.24) is 10.2 Å². The Morgan fingerprint density at radius 1 is 0.860 bits per heavy atom. The molecule has 2 saturated heterocycles. The summed E-state index contributed by atoms with van der Waals surface area (Å²) in [6.45, 7) is 3.76. The first-order valence-corrected chi connectivity index (χ1v) is 18.8. The molecule has 0 unspecified atom stereocenters. The Bertz CT molecular complexity index is 2370. The highest BCUT2D eigenvalue weighted by molar-refractivity contribution is 6.12. The number of rotatable bonds is 10. The number of carbonyl (C=O) groups excluding carboxylic acids is 3. The van der Waals surface area contributed by atoms with Crippen LogP contribution in [-0.4, -0.2) is 60.7 Å². The highest BCUT2D eigenvalue weighted by atomic mass is 16.6. The first-order valence-electron chi connectivity index (χ1n) is 18.8. The Kier molecular flexibility index (Phi) is 10.3. The number of fused-ring (bicyclic) bond motifs is 3. The lowest BCUT2D eigenvalue weighted by Gasteiger charge is -2.46. The molecule has 6 atom stereocenters. The first kappa shape index (κ1) is 37.3. The second-order valence-corrected chi connectivity index (χ2v) is 14.1. The number of hydrogen-bond acceptors (Lipinski definition) is 8. The van der Waals surface area contributed by atoms with E-state index >= 15 is 4.79 Å². The van der Waals surface area contributed by atoms with Crippen molar-refractivity contribution in [2.45, 2.75) is 29.6 Å². The zero-order valence-electron chi connectivity index (χ0n) is 31.3. The van der Waals surface area contributed by atoms with E-state index in [4.69, 9.17) is 14.2 Å². The van der Waals surface area contributed by atoms with Gasteiger partial charge in [-0.2, -0.15) is 0 Å². The van der Waals surface area contributed by atoms with Crippen LogP contribution in [0.4, 0.5) is 5.69 Å². The molecule has 0 aliphatic carbocycles. The smallest absolute Gasteiger partial charge is 0.324 e. The van der Waals surface area contributed by atoms with Crippen molar-refractivity contribution in [3.05, 3.63) is 173 Å². The van der Waals surface area contributed by atoms with Crippen LogP contribution in [-0.2, 0) is 24.5 Å². The summed E-state index contributed by atoms with van der Waals surface area (Å²) in [6, 6.07) is 36.6. The van der Waals surface area contributed by atoms with Crippen molar-refractivity contribution in [1.29, 1.82) is 0 Å². The second kappa shape index (κ2) is 15.8. The molecule has 3 heterocycles. The van der Waals surface area contributed by atoms with Crippen LogP contribution >= 0.6 is 0 Å². The van der Waals surface area contributed by atoms with E-state index in [0.29, 0.717) is 33.9 Å². The number of ether oxygens (including phenoxy) is 3. The molecule has 3 aliphatic rings. The van der Waals surface area contributed by atoms with Crippen molar-refractivity contribution in [3.8, 4) is 23.3 Å². The number of methoxy groups -OCH3 is 1. The summed E-state index contributed by atoms with van der Waals surface area (Å²) in [5, 5.41) is 15.7. The molecule has 0 radical (unpaired) electrons. The van der Waals surface area contributed by atoms with Gasteiger partial charge in [0.15, 0.2) is 0 Å². The predicted octanol–water partition coefficient (Wildman–Crippen LogP) is 6.04. The van der Waals surface area contributed by atoms with E-state index in [2.05, 4.69) is 29.1 Å². The summed E-state index contributed by atoms with van der Waals surface area (Å²) in [5.41, 5.74) is 2.96. The van der Waals surface area contributed by atoms with Crippen LogP contribution in [0.15, 0.2) is 140 Å². The van der Waals surface area contributed by atoms with E-state index in [9.17, 15) is 14.7 Å². The number of nitrogens with one attached hydrogen (secondary N) is 2. The number of nitrogens with zero attached hydrogens (tertiary/aromatic N) is 1. The molecule has 57 heavy (non-hydrogen) atoms. The van der Waals surface area contributed by atoms with Gasteiger partial charge in [-0.15, -0.1) is 6.58 Å². The zero-order valence-corrected chi connectivity index (χ0v) is 31.3. The lowest BCUT2D eigenvalue weighted by molar-refractivity contribution is -0.178. The molecule has 10 heteroatoms. The van der Waals surface area contributed by atoms with Gasteiger partial charge in [0.2, 0.25) is 11.8 Å². The van der Waals surface area contributed by atoms with Crippen molar-refractivity contribution in [2.24, 2.45) is 5.92 Å². The third kappa shape index (κ3) is 6.61. The van der Waals surface area contributed by atoms with Crippen LogP contribution in [0.5, 0.6) is 11.5 Å². The molecule has 3 N–H and O–H groups in total. The molecule has 5 aromatic rings. The largest absolute Gasteiger partial charge is 0.497 e. The molecule has 2 amide bonds. The van der Waals surface area contributed by atoms with E-state index in [1.807, 2.05) is 120 Å². The average Bonchev–Trinajstić information content (AvgIpc) is 3.73. The van der Waals surface area contributed by atoms with Gasteiger partial charge in [0.25, 0.3) is 0 Å². The third-order valence-electron chi connectivity index (χ3n) is 11.0. The van der Waals surface area contributed by atoms with E-state index < -0.39 is 53.3 Å². The summed E-state index contributed by atoms with van der Waals surface area (Å²) in [4.78, 5) is 47.0. The Labute approximate surface area is 331 Å². The normalized spacial score (nSPS) is 23.3. The van der Waals surface area contributed by atoms with E-state index in [1.165, 1.54) is 0 Å². The van der Waals surface area contributed by atoms with Crippen molar-refractivity contribution in [2.75, 3.05) is 32.2 Å². The number of aliphatic hydroxyl groups excluding tert-OH is 1. The summed E-state index contributed by atoms with van der Waals surface area (Å²) < 4.78 is 17.7. The molecule has 10 nitrogen and oxygen atoms in total. The van der Waals surface area contributed by atoms with Gasteiger partial charge < -0.3 is 30.0 Å². The topological polar surface area (TPSA) is 126 Å². The number of benzene rings is 5. The Morgan fingerprint density at radius 3 is 2.25 bits per heavy atom. The fourth-order valence-corrected chi connectivity index (χ4v) is 8.71. The van der Waals surface area contributed by atoms with E-state index in [0.717, 1.165) is 16.7 Å². The maximum atomic E-state index is 15.3. The molecule has 286 valence electrons. The summed E-state index contributed by atoms with van der Waals surface area (Å²) in [6.07, 6.45) is 0.760. The maximum Gasteiger partial charge on any atom is 0.324 e. The minimum Gasteiger partial charge on any atom is -0.497 e. The zero-order chi connectivity index (χ0) is 39.5. The predicted molar refractivity (Wildman–Crippen MR) is 214 cm³/mol. The molecular formula is C47H41N3O7. The molecule has 8 rings (SSSR count). The highest BCUT2D eigenvalue weighted by Crippen LogP contribution is 2.65. The summed E-state index contributed by atoms with van der Waals surface area (Å²) >= 11 is 0. The lowest BCUT2D eigenvalue weighted by Crippen LogP contribution is -2.54. The van der Waals surface area contributed by atoms with E-state index in [1.54, 1.807) is 25.3 Å². The van der Waals surface area contributed by atoms with E-state index in [-0.39, 0.29) is 19.8 Å². The SMILES string of the molecule is C=CCNC(=O)[C@@H]1[C@H]2C(=O)O[C@H](c3ccccc3)[C@H](c3ccccc3)N2[C@H](c2cccc(OCCO)c2)[C@@]12C(=O)Nc1ccc(C#Cc3ccc(OC)cc3)cc12. The molecule has 0 saturated carbocycles. The van der Waals surface area contributed by atoms with Crippen LogP contribution in [0, 0.1) is 17.8 Å². The van der Waals surface area contributed by atoms with Crippen LogP contribution in [0.2, 0.25) is 0 Å². The van der Waals surface area contributed by atoms with Crippen LogP contribution in [0.1, 0.15) is 51.6 Å². The number of hydrogen-bond donors (Lipinski definition) is 3. The second-order valence-electron chi connectivity index (χ2n) is 14.1. The van der Waals surface area contributed by atoms with Gasteiger partial charge in [0, 0.05) is 23.4 Å². The number of aliphatic hydroxyl groups is 1. The van der Waals surface area contributed by atoms with Crippen LogP contribution in [0.3, 0.4) is 0 Å². The number of amides is 2. The van der Waals surface area contributed by atoms with Crippen molar-refractivity contribution in [3.63, 3.8) is 0 Å². The van der Waals surface area contributed by atoms with Crippen molar-refractivity contribution < 1.29 is 33.7 Å². The van der Waals surface area contributed by atoms with Gasteiger partial charge in [-0.05, 0) is 76.9 Å². The molecule has 0 bridgehead atoms. The number of carbonyl (C=O) groups is 3. The third-order valence-corrected chi connectivity index (χ3v) is 11.0. The van der Waals surface area contributed by atoms with Gasteiger partial charge in [-0.3, -0.25) is 19.3 Å². The fourth-order valence-electron chi connectivity index (χ4n) is 8.71.